The van der Waals surface area contributed by atoms with Gasteiger partial charge in [-0.1, -0.05) is 34.1 Å². The van der Waals surface area contributed by atoms with Gasteiger partial charge >= 0.3 is 0 Å². The third-order valence-electron chi connectivity index (χ3n) is 2.66. The quantitative estimate of drug-likeness (QED) is 0.663. The van der Waals surface area contributed by atoms with Gasteiger partial charge in [0, 0.05) is 27.8 Å². The van der Waals surface area contributed by atoms with E-state index < -0.39 is 10.8 Å². The van der Waals surface area contributed by atoms with E-state index in [0.29, 0.717) is 11.3 Å². The predicted molar refractivity (Wildman–Crippen MR) is 69.8 cm³/mol. The molecule has 15 heavy (non-hydrogen) atoms. The van der Waals surface area contributed by atoms with Crippen LogP contribution in [0.3, 0.4) is 0 Å². The van der Waals surface area contributed by atoms with Crippen LogP contribution in [0.15, 0.2) is 0 Å². The Labute approximate surface area is 97.7 Å². The Morgan fingerprint density at radius 2 is 1.80 bits per heavy atom. The fourth-order valence-electron chi connectivity index (χ4n) is 2.00. The standard InChI is InChI=1S/C12H27NOS/c1-5-9-11(13-8-4)12(7-3)15(14)10-6-2/h11-13H,5-10H2,1-4H3. The lowest BCUT2D eigenvalue weighted by molar-refractivity contribution is 0.458. The molecule has 3 heteroatoms. The van der Waals surface area contributed by atoms with Gasteiger partial charge in [0.05, 0.1) is 0 Å². The van der Waals surface area contributed by atoms with E-state index in [1.165, 1.54) is 0 Å². The minimum Gasteiger partial charge on any atom is -0.313 e. The van der Waals surface area contributed by atoms with Crippen molar-refractivity contribution in [2.24, 2.45) is 0 Å². The second kappa shape index (κ2) is 9.34. The monoisotopic (exact) mass is 233 g/mol. The number of nitrogens with one attached hydrogen (secondary N) is 1. The fraction of sp³-hybridized carbons (Fsp3) is 1.00. The number of hydrogen-bond acceptors (Lipinski definition) is 2. The van der Waals surface area contributed by atoms with Crippen molar-refractivity contribution in [2.45, 2.75) is 64.7 Å². The first-order valence-electron chi connectivity index (χ1n) is 6.31. The molecule has 0 radical (unpaired) electrons. The van der Waals surface area contributed by atoms with Crippen molar-refractivity contribution in [3.8, 4) is 0 Å². The van der Waals surface area contributed by atoms with Gasteiger partial charge in [0.1, 0.15) is 0 Å². The topological polar surface area (TPSA) is 29.1 Å². The smallest absolute Gasteiger partial charge is 0.0498 e. The number of hydrogen-bond donors (Lipinski definition) is 1. The summed E-state index contributed by atoms with van der Waals surface area (Å²) >= 11 is 0. The molecule has 0 saturated carbocycles. The lowest BCUT2D eigenvalue weighted by Gasteiger charge is -2.26. The van der Waals surface area contributed by atoms with Crippen molar-refractivity contribution in [3.05, 3.63) is 0 Å². The molecule has 0 saturated heterocycles. The molecular weight excluding hydrogens is 206 g/mol. The van der Waals surface area contributed by atoms with Gasteiger partial charge in [0.2, 0.25) is 0 Å². The van der Waals surface area contributed by atoms with Crippen molar-refractivity contribution in [1.29, 1.82) is 0 Å². The van der Waals surface area contributed by atoms with E-state index >= 15 is 0 Å². The zero-order valence-electron chi connectivity index (χ0n) is 10.7. The third kappa shape index (κ3) is 5.67. The first-order valence-corrected chi connectivity index (χ1v) is 7.69. The van der Waals surface area contributed by atoms with Crippen LogP contribution in [0.4, 0.5) is 0 Å². The first kappa shape index (κ1) is 15.1. The highest BCUT2D eigenvalue weighted by Gasteiger charge is 2.23. The van der Waals surface area contributed by atoms with E-state index in [1.807, 2.05) is 0 Å². The molecule has 92 valence electrons. The van der Waals surface area contributed by atoms with E-state index in [4.69, 9.17) is 0 Å². The molecule has 1 N–H and O–H groups in total. The van der Waals surface area contributed by atoms with Crippen LogP contribution in [0.2, 0.25) is 0 Å². The van der Waals surface area contributed by atoms with Gasteiger partial charge in [0.15, 0.2) is 0 Å². The van der Waals surface area contributed by atoms with Crippen LogP contribution in [-0.2, 0) is 10.8 Å². The predicted octanol–water partition coefficient (Wildman–Crippen LogP) is 2.70. The SMILES string of the molecule is CCCC(NCC)C(CC)S(=O)CCC. The highest BCUT2D eigenvalue weighted by Crippen LogP contribution is 2.13. The van der Waals surface area contributed by atoms with E-state index in [9.17, 15) is 4.21 Å². The van der Waals surface area contributed by atoms with Crippen LogP contribution >= 0.6 is 0 Å². The van der Waals surface area contributed by atoms with Gasteiger partial charge in [-0.2, -0.15) is 0 Å². The Balaban J connectivity index is 4.35. The summed E-state index contributed by atoms with van der Waals surface area (Å²) in [6.07, 6.45) is 4.34. The Morgan fingerprint density at radius 1 is 1.13 bits per heavy atom. The number of rotatable bonds is 9. The minimum atomic E-state index is -0.653. The Kier molecular flexibility index (Phi) is 9.41. The molecule has 0 bridgehead atoms. The molecule has 0 aromatic heterocycles. The van der Waals surface area contributed by atoms with Gasteiger partial charge < -0.3 is 5.32 Å². The normalized spacial score (nSPS) is 17.3. The molecule has 0 aliphatic rings. The van der Waals surface area contributed by atoms with E-state index in [2.05, 4.69) is 33.0 Å². The summed E-state index contributed by atoms with van der Waals surface area (Å²) in [5, 5.41) is 3.82. The molecule has 0 heterocycles. The van der Waals surface area contributed by atoms with Gasteiger partial charge in [-0.05, 0) is 25.8 Å². The Bertz CT molecular complexity index is 167. The molecule has 2 nitrogen and oxygen atoms in total. The van der Waals surface area contributed by atoms with Crippen molar-refractivity contribution < 1.29 is 4.21 Å². The maximum absolute atomic E-state index is 12.0. The molecule has 3 atom stereocenters. The van der Waals surface area contributed by atoms with Crippen LogP contribution in [-0.4, -0.2) is 27.8 Å². The molecule has 0 spiro atoms. The minimum absolute atomic E-state index is 0.338. The summed E-state index contributed by atoms with van der Waals surface area (Å²) in [7, 11) is -0.653. The van der Waals surface area contributed by atoms with Crippen LogP contribution in [0.5, 0.6) is 0 Å². The van der Waals surface area contributed by atoms with Crippen molar-refractivity contribution >= 4 is 10.8 Å². The molecule has 3 unspecified atom stereocenters. The molecule has 0 rings (SSSR count). The van der Waals surface area contributed by atoms with Gasteiger partial charge in [-0.3, -0.25) is 4.21 Å². The summed E-state index contributed by atoms with van der Waals surface area (Å²) in [6.45, 7) is 9.55. The molecule has 0 aromatic rings. The third-order valence-corrected chi connectivity index (χ3v) is 4.81. The average Bonchev–Trinajstić information content (AvgIpc) is 2.20. The second-order valence-corrected chi connectivity index (χ2v) is 5.76. The van der Waals surface area contributed by atoms with Gasteiger partial charge in [-0.25, -0.2) is 0 Å². The van der Waals surface area contributed by atoms with Crippen LogP contribution in [0.25, 0.3) is 0 Å². The van der Waals surface area contributed by atoms with E-state index in [1.54, 1.807) is 0 Å². The zero-order chi connectivity index (χ0) is 11.7. The highest BCUT2D eigenvalue weighted by atomic mass is 32.2. The summed E-state index contributed by atoms with van der Waals surface area (Å²) in [5.74, 6) is 0.851. The lowest BCUT2D eigenvalue weighted by atomic mass is 10.1. The van der Waals surface area contributed by atoms with Crippen molar-refractivity contribution in [2.75, 3.05) is 12.3 Å². The second-order valence-electron chi connectivity index (χ2n) is 3.98. The largest absolute Gasteiger partial charge is 0.313 e. The first-order chi connectivity index (χ1) is 7.21. The highest BCUT2D eigenvalue weighted by molar-refractivity contribution is 7.85. The lowest BCUT2D eigenvalue weighted by Crippen LogP contribution is -2.42. The fourth-order valence-corrected chi connectivity index (χ4v) is 3.67. The maximum Gasteiger partial charge on any atom is 0.0498 e. The maximum atomic E-state index is 12.0. The average molecular weight is 233 g/mol. The van der Waals surface area contributed by atoms with Crippen LogP contribution in [0.1, 0.15) is 53.4 Å². The summed E-state index contributed by atoms with van der Waals surface area (Å²) in [5.41, 5.74) is 0. The van der Waals surface area contributed by atoms with Crippen LogP contribution < -0.4 is 5.32 Å². The van der Waals surface area contributed by atoms with Gasteiger partial charge in [-0.15, -0.1) is 0 Å². The summed E-state index contributed by atoms with van der Waals surface area (Å²) in [4.78, 5) is 0. The van der Waals surface area contributed by atoms with Gasteiger partial charge in [0.25, 0.3) is 0 Å². The van der Waals surface area contributed by atoms with Crippen LogP contribution in [0, 0.1) is 0 Å². The summed E-state index contributed by atoms with van der Waals surface area (Å²) < 4.78 is 12.0. The van der Waals surface area contributed by atoms with E-state index in [-0.39, 0.29) is 0 Å². The molecular formula is C12H27NOS. The molecule has 0 fully saturated rings. The molecule has 0 aliphatic carbocycles. The van der Waals surface area contributed by atoms with E-state index in [0.717, 1.165) is 38.0 Å². The molecule has 0 aromatic carbocycles. The van der Waals surface area contributed by atoms with Crippen molar-refractivity contribution in [1.82, 2.24) is 5.32 Å². The van der Waals surface area contributed by atoms with Crippen molar-refractivity contribution in [3.63, 3.8) is 0 Å². The summed E-state index contributed by atoms with van der Waals surface area (Å²) in [6, 6.07) is 0.442. The zero-order valence-corrected chi connectivity index (χ0v) is 11.5. The Hall–Kier alpha value is 0.110. The molecule has 0 amide bonds. The molecule has 0 aliphatic heterocycles. The Morgan fingerprint density at radius 3 is 2.20 bits per heavy atom.